The van der Waals surface area contributed by atoms with Crippen molar-refractivity contribution in [1.29, 1.82) is 0 Å². The van der Waals surface area contributed by atoms with E-state index < -0.39 is 0 Å². The van der Waals surface area contributed by atoms with Crippen LogP contribution in [-0.4, -0.2) is 27.6 Å². The van der Waals surface area contributed by atoms with Gasteiger partial charge < -0.3 is 4.90 Å². The second-order valence-electron chi connectivity index (χ2n) is 4.41. The van der Waals surface area contributed by atoms with E-state index in [4.69, 9.17) is 0 Å². The second kappa shape index (κ2) is 5.88. The molecular formula is C13H16BrN3OS. The van der Waals surface area contributed by atoms with Crippen LogP contribution in [-0.2, 0) is 13.1 Å². The first-order valence-electron chi connectivity index (χ1n) is 6.04. The normalized spacial score (nSPS) is 10.7. The lowest BCUT2D eigenvalue weighted by atomic mass is 10.3. The minimum absolute atomic E-state index is 0.00442. The van der Waals surface area contributed by atoms with Gasteiger partial charge in [0.1, 0.15) is 5.69 Å². The van der Waals surface area contributed by atoms with Gasteiger partial charge in [-0.15, -0.1) is 11.3 Å². The maximum Gasteiger partial charge on any atom is 0.272 e. The molecule has 102 valence electrons. The van der Waals surface area contributed by atoms with Crippen LogP contribution in [0.15, 0.2) is 21.3 Å². The largest absolute Gasteiger partial charge is 0.336 e. The molecular weight excluding hydrogens is 326 g/mol. The van der Waals surface area contributed by atoms with Crippen LogP contribution < -0.4 is 0 Å². The number of carbonyl (C=O) groups excluding carboxylic acids is 1. The van der Waals surface area contributed by atoms with E-state index in [1.807, 2.05) is 33.0 Å². The molecule has 2 rings (SSSR count). The summed E-state index contributed by atoms with van der Waals surface area (Å²) >= 11 is 5.06. The molecule has 2 aromatic heterocycles. The summed E-state index contributed by atoms with van der Waals surface area (Å²) in [6.45, 7) is 5.19. The third-order valence-corrected chi connectivity index (χ3v) is 4.36. The van der Waals surface area contributed by atoms with E-state index in [1.54, 1.807) is 20.9 Å². The Morgan fingerprint density at radius 2 is 2.26 bits per heavy atom. The van der Waals surface area contributed by atoms with E-state index in [9.17, 15) is 4.79 Å². The summed E-state index contributed by atoms with van der Waals surface area (Å²) in [5.41, 5.74) is 2.65. The second-order valence-corrected chi connectivity index (χ2v) is 6.70. The molecule has 0 spiro atoms. The SMILES string of the molecule is CCn1nc(C)cc1C(=O)N(C)Cc1csc(Br)c1. The Hall–Kier alpha value is -1.14. The fourth-order valence-corrected chi connectivity index (χ4v) is 3.13. The summed E-state index contributed by atoms with van der Waals surface area (Å²) in [7, 11) is 1.82. The fourth-order valence-electron chi connectivity index (χ4n) is 1.93. The Morgan fingerprint density at radius 1 is 1.53 bits per heavy atom. The zero-order chi connectivity index (χ0) is 14.0. The zero-order valence-corrected chi connectivity index (χ0v) is 13.6. The number of thiophene rings is 1. The molecule has 0 saturated carbocycles. The fraction of sp³-hybridized carbons (Fsp3) is 0.385. The number of aromatic nitrogens is 2. The van der Waals surface area contributed by atoms with Crippen LogP contribution in [0.25, 0.3) is 0 Å². The molecule has 0 unspecified atom stereocenters. The van der Waals surface area contributed by atoms with Crippen molar-refractivity contribution < 1.29 is 4.79 Å². The maximum atomic E-state index is 12.4. The van der Waals surface area contributed by atoms with Gasteiger partial charge in [-0.3, -0.25) is 9.48 Å². The molecule has 6 heteroatoms. The van der Waals surface area contributed by atoms with Crippen LogP contribution in [0.5, 0.6) is 0 Å². The van der Waals surface area contributed by atoms with Crippen molar-refractivity contribution in [3.63, 3.8) is 0 Å². The van der Waals surface area contributed by atoms with Crippen molar-refractivity contribution in [1.82, 2.24) is 14.7 Å². The molecule has 0 aliphatic heterocycles. The van der Waals surface area contributed by atoms with E-state index in [1.165, 1.54) is 0 Å². The molecule has 1 amide bonds. The summed E-state index contributed by atoms with van der Waals surface area (Å²) in [6.07, 6.45) is 0. The first-order chi connectivity index (χ1) is 9.01. The smallest absolute Gasteiger partial charge is 0.272 e. The highest BCUT2D eigenvalue weighted by atomic mass is 79.9. The highest BCUT2D eigenvalue weighted by Gasteiger charge is 2.17. The molecule has 2 heterocycles. The Bertz CT molecular complexity index is 590. The molecule has 0 aromatic carbocycles. The molecule has 0 saturated heterocycles. The van der Waals surface area contributed by atoms with Crippen LogP contribution >= 0.6 is 27.3 Å². The number of aryl methyl sites for hydroxylation is 2. The minimum atomic E-state index is 0.00442. The molecule has 0 atom stereocenters. The van der Waals surface area contributed by atoms with E-state index in [-0.39, 0.29) is 5.91 Å². The van der Waals surface area contributed by atoms with Crippen LogP contribution in [0.2, 0.25) is 0 Å². The Labute approximate surface area is 125 Å². The molecule has 19 heavy (non-hydrogen) atoms. The molecule has 4 nitrogen and oxygen atoms in total. The topological polar surface area (TPSA) is 38.1 Å². The van der Waals surface area contributed by atoms with Gasteiger partial charge in [0.05, 0.1) is 9.48 Å². The minimum Gasteiger partial charge on any atom is -0.336 e. The van der Waals surface area contributed by atoms with Gasteiger partial charge >= 0.3 is 0 Å². The predicted octanol–water partition coefficient (Wildman–Crippen LogP) is 3.31. The Balaban J connectivity index is 2.14. The highest BCUT2D eigenvalue weighted by molar-refractivity contribution is 9.11. The summed E-state index contributed by atoms with van der Waals surface area (Å²) in [4.78, 5) is 14.1. The third-order valence-electron chi connectivity index (χ3n) is 2.81. The molecule has 0 fully saturated rings. The summed E-state index contributed by atoms with van der Waals surface area (Å²) in [6, 6.07) is 3.88. The number of nitrogens with zero attached hydrogens (tertiary/aromatic N) is 3. The van der Waals surface area contributed by atoms with Gasteiger partial charge in [0.15, 0.2) is 0 Å². The quantitative estimate of drug-likeness (QED) is 0.855. The van der Waals surface area contributed by atoms with Gasteiger partial charge in [-0.2, -0.15) is 5.10 Å². The van der Waals surface area contributed by atoms with Crippen molar-refractivity contribution in [2.24, 2.45) is 0 Å². The van der Waals surface area contributed by atoms with Crippen LogP contribution in [0.4, 0.5) is 0 Å². The number of rotatable bonds is 4. The van der Waals surface area contributed by atoms with Crippen molar-refractivity contribution in [3.05, 3.63) is 38.3 Å². The first-order valence-corrected chi connectivity index (χ1v) is 7.71. The molecule has 0 bridgehead atoms. The average Bonchev–Trinajstić information content (AvgIpc) is 2.94. The summed E-state index contributed by atoms with van der Waals surface area (Å²) in [5, 5.41) is 6.36. The van der Waals surface area contributed by atoms with E-state index in [0.717, 1.165) is 15.0 Å². The molecule has 0 radical (unpaired) electrons. The lowest BCUT2D eigenvalue weighted by molar-refractivity contribution is 0.0773. The van der Waals surface area contributed by atoms with Gasteiger partial charge in [-0.25, -0.2) is 0 Å². The highest BCUT2D eigenvalue weighted by Crippen LogP contribution is 2.22. The Morgan fingerprint density at radius 3 is 2.84 bits per heavy atom. The van der Waals surface area contributed by atoms with Gasteiger partial charge in [0.25, 0.3) is 5.91 Å². The van der Waals surface area contributed by atoms with Crippen molar-refractivity contribution >= 4 is 33.2 Å². The lowest BCUT2D eigenvalue weighted by Gasteiger charge is -2.16. The van der Waals surface area contributed by atoms with Crippen molar-refractivity contribution in [2.75, 3.05) is 7.05 Å². The number of hydrogen-bond donors (Lipinski definition) is 0. The van der Waals surface area contributed by atoms with E-state index in [2.05, 4.69) is 26.4 Å². The summed E-state index contributed by atoms with van der Waals surface area (Å²) < 4.78 is 2.83. The van der Waals surface area contributed by atoms with Gasteiger partial charge in [0.2, 0.25) is 0 Å². The van der Waals surface area contributed by atoms with Crippen molar-refractivity contribution in [3.8, 4) is 0 Å². The average molecular weight is 342 g/mol. The Kier molecular flexibility index (Phi) is 4.42. The maximum absolute atomic E-state index is 12.4. The zero-order valence-electron chi connectivity index (χ0n) is 11.2. The number of halogens is 1. The van der Waals surface area contributed by atoms with Gasteiger partial charge in [0, 0.05) is 20.1 Å². The number of hydrogen-bond acceptors (Lipinski definition) is 3. The molecule has 2 aromatic rings. The van der Waals surface area contributed by atoms with E-state index >= 15 is 0 Å². The van der Waals surface area contributed by atoms with Gasteiger partial charge in [-0.1, -0.05) is 0 Å². The summed E-state index contributed by atoms with van der Waals surface area (Å²) in [5.74, 6) is 0.00442. The first kappa shape index (κ1) is 14.3. The lowest BCUT2D eigenvalue weighted by Crippen LogP contribution is -2.28. The third kappa shape index (κ3) is 3.25. The number of amides is 1. The van der Waals surface area contributed by atoms with Crippen LogP contribution in [0.3, 0.4) is 0 Å². The van der Waals surface area contributed by atoms with E-state index in [0.29, 0.717) is 18.8 Å². The standard InChI is InChI=1S/C13H16BrN3OS/c1-4-17-11(5-9(2)15-17)13(18)16(3)7-10-6-12(14)19-8-10/h5-6,8H,4,7H2,1-3H3. The van der Waals surface area contributed by atoms with Gasteiger partial charge in [-0.05, 0) is 52.9 Å². The molecule has 0 aliphatic carbocycles. The van der Waals surface area contributed by atoms with Crippen LogP contribution in [0, 0.1) is 6.92 Å². The number of carbonyl (C=O) groups is 1. The van der Waals surface area contributed by atoms with Crippen LogP contribution in [0.1, 0.15) is 28.7 Å². The molecule has 0 aliphatic rings. The molecule has 0 N–H and O–H groups in total. The predicted molar refractivity (Wildman–Crippen MR) is 80.5 cm³/mol. The monoisotopic (exact) mass is 341 g/mol. The van der Waals surface area contributed by atoms with Crippen molar-refractivity contribution in [2.45, 2.75) is 26.9 Å².